The van der Waals surface area contributed by atoms with Crippen molar-refractivity contribution in [1.82, 2.24) is 15.1 Å². The number of carbonyl (C=O) groups is 2. The summed E-state index contributed by atoms with van der Waals surface area (Å²) in [6.45, 7) is 0.332. The number of carboxylic acid groups (broad SMARTS) is 1. The molecule has 0 aliphatic carbocycles. The molecule has 9 nitrogen and oxygen atoms in total. The van der Waals surface area contributed by atoms with Crippen LogP contribution in [0.5, 0.6) is 0 Å². The van der Waals surface area contributed by atoms with Gasteiger partial charge in [0.2, 0.25) is 0 Å². The Morgan fingerprint density at radius 2 is 2.23 bits per heavy atom. The minimum absolute atomic E-state index is 0.00634. The number of nitrogens with one attached hydrogen (secondary N) is 1. The van der Waals surface area contributed by atoms with E-state index in [0.717, 1.165) is 0 Å². The van der Waals surface area contributed by atoms with Crippen molar-refractivity contribution >= 4 is 28.5 Å². The summed E-state index contributed by atoms with van der Waals surface area (Å²) in [5.74, 6) is -1.59. The van der Waals surface area contributed by atoms with Crippen molar-refractivity contribution in [3.05, 3.63) is 34.0 Å². The molecule has 1 aliphatic heterocycles. The second-order valence-electron chi connectivity index (χ2n) is 5.05. The fraction of sp³-hybridized carbons (Fsp3) is 0.308. The Bertz CT molecular complexity index is 784. The van der Waals surface area contributed by atoms with E-state index < -0.39 is 22.8 Å². The van der Waals surface area contributed by atoms with Crippen LogP contribution in [-0.2, 0) is 4.79 Å². The lowest BCUT2D eigenvalue weighted by Crippen LogP contribution is -2.40. The van der Waals surface area contributed by atoms with Crippen LogP contribution in [0.4, 0.5) is 5.69 Å². The fourth-order valence-electron chi connectivity index (χ4n) is 2.68. The largest absolute Gasteiger partial charge is 0.480 e. The topological polar surface area (TPSA) is 129 Å². The van der Waals surface area contributed by atoms with Gasteiger partial charge in [-0.1, -0.05) is 0 Å². The summed E-state index contributed by atoms with van der Waals surface area (Å²) >= 11 is 0. The van der Waals surface area contributed by atoms with Gasteiger partial charge in [0, 0.05) is 24.1 Å². The van der Waals surface area contributed by atoms with Crippen molar-refractivity contribution in [3.8, 4) is 0 Å². The maximum Gasteiger partial charge on any atom is 0.326 e. The number of carboxylic acids is 1. The number of amides is 1. The van der Waals surface area contributed by atoms with Gasteiger partial charge in [-0.05, 0) is 18.9 Å². The van der Waals surface area contributed by atoms with E-state index in [2.05, 4.69) is 10.2 Å². The molecule has 1 aliphatic rings. The molecular formula is C13H12N4O5. The number of likely N-dealkylation sites (tertiary alicyclic amines) is 1. The van der Waals surface area contributed by atoms with E-state index in [0.29, 0.717) is 30.3 Å². The number of nitro groups is 1. The third kappa shape index (κ3) is 2.16. The monoisotopic (exact) mass is 304 g/mol. The van der Waals surface area contributed by atoms with E-state index in [-0.39, 0.29) is 11.4 Å². The number of hydrogen-bond acceptors (Lipinski definition) is 5. The van der Waals surface area contributed by atoms with Crippen molar-refractivity contribution in [1.29, 1.82) is 0 Å². The number of carbonyl (C=O) groups excluding carboxylic acids is 1. The average Bonchev–Trinajstić information content (AvgIpc) is 3.12. The molecule has 1 aromatic carbocycles. The Morgan fingerprint density at radius 1 is 1.45 bits per heavy atom. The molecule has 1 amide bonds. The first-order chi connectivity index (χ1) is 10.5. The summed E-state index contributed by atoms with van der Waals surface area (Å²) in [5, 5.41) is 26.8. The maximum atomic E-state index is 12.5. The minimum atomic E-state index is -1.06. The molecule has 0 radical (unpaired) electrons. The van der Waals surface area contributed by atoms with E-state index in [4.69, 9.17) is 5.11 Å². The maximum absolute atomic E-state index is 12.5. The highest BCUT2D eigenvalue weighted by molar-refractivity contribution is 6.06. The summed E-state index contributed by atoms with van der Waals surface area (Å²) < 4.78 is 0. The first-order valence-electron chi connectivity index (χ1n) is 6.65. The zero-order chi connectivity index (χ0) is 15.9. The van der Waals surface area contributed by atoms with Crippen LogP contribution in [0.25, 0.3) is 10.9 Å². The highest BCUT2D eigenvalue weighted by Gasteiger charge is 2.36. The highest BCUT2D eigenvalue weighted by atomic mass is 16.6. The van der Waals surface area contributed by atoms with Crippen LogP contribution in [0.2, 0.25) is 0 Å². The van der Waals surface area contributed by atoms with Crippen LogP contribution in [0.3, 0.4) is 0 Å². The van der Waals surface area contributed by atoms with Gasteiger partial charge in [-0.2, -0.15) is 5.10 Å². The summed E-state index contributed by atoms with van der Waals surface area (Å²) in [6, 6.07) is 3.16. The molecule has 9 heteroatoms. The van der Waals surface area contributed by atoms with Gasteiger partial charge in [-0.15, -0.1) is 0 Å². The van der Waals surface area contributed by atoms with Crippen LogP contribution in [0.15, 0.2) is 18.2 Å². The lowest BCUT2D eigenvalue weighted by atomic mass is 10.1. The summed E-state index contributed by atoms with van der Waals surface area (Å²) in [5.41, 5.74) is 0.339. The second-order valence-corrected chi connectivity index (χ2v) is 5.05. The average molecular weight is 304 g/mol. The van der Waals surface area contributed by atoms with E-state index >= 15 is 0 Å². The van der Waals surface area contributed by atoms with Crippen molar-refractivity contribution < 1.29 is 19.6 Å². The van der Waals surface area contributed by atoms with E-state index in [1.165, 1.54) is 23.1 Å². The summed E-state index contributed by atoms with van der Waals surface area (Å²) in [6.07, 6.45) is 0.995. The SMILES string of the molecule is O=C(O)[C@@H]1CCCN1C(=O)c1n[nH]c2ccc([N+](=O)[O-])cc12. The predicted octanol–water partition coefficient (Wildman–Crippen LogP) is 1.16. The number of aromatic nitrogens is 2. The van der Waals surface area contributed by atoms with Gasteiger partial charge in [0.15, 0.2) is 5.69 Å². The van der Waals surface area contributed by atoms with Gasteiger partial charge in [-0.25, -0.2) is 4.79 Å². The quantitative estimate of drug-likeness (QED) is 0.646. The Balaban J connectivity index is 2.02. The lowest BCUT2D eigenvalue weighted by Gasteiger charge is -2.20. The zero-order valence-corrected chi connectivity index (χ0v) is 11.4. The van der Waals surface area contributed by atoms with Gasteiger partial charge in [0.25, 0.3) is 11.6 Å². The number of benzene rings is 1. The van der Waals surface area contributed by atoms with Crippen LogP contribution in [0, 0.1) is 10.1 Å². The molecule has 22 heavy (non-hydrogen) atoms. The number of aromatic amines is 1. The van der Waals surface area contributed by atoms with Gasteiger partial charge in [0.05, 0.1) is 10.4 Å². The van der Waals surface area contributed by atoms with Gasteiger partial charge >= 0.3 is 5.97 Å². The van der Waals surface area contributed by atoms with Gasteiger partial charge < -0.3 is 10.0 Å². The van der Waals surface area contributed by atoms with Crippen LogP contribution >= 0.6 is 0 Å². The Labute approximate surface area is 123 Å². The van der Waals surface area contributed by atoms with Crippen molar-refractivity contribution in [2.75, 3.05) is 6.54 Å². The van der Waals surface area contributed by atoms with Crippen LogP contribution in [-0.4, -0.2) is 49.6 Å². The van der Waals surface area contributed by atoms with Crippen molar-refractivity contribution in [3.63, 3.8) is 0 Å². The normalized spacial score (nSPS) is 17.8. The Kier molecular flexibility index (Phi) is 3.24. The first kappa shape index (κ1) is 14.0. The molecule has 1 saturated heterocycles. The number of fused-ring (bicyclic) bond motifs is 1. The van der Waals surface area contributed by atoms with E-state index in [1.54, 1.807) is 0 Å². The molecule has 1 atom stereocenters. The molecule has 2 heterocycles. The summed E-state index contributed by atoms with van der Waals surface area (Å²) in [4.78, 5) is 35.2. The lowest BCUT2D eigenvalue weighted by molar-refractivity contribution is -0.384. The standard InChI is InChI=1S/C13H12N4O5/c18-12(16-5-1-2-10(16)13(19)20)11-8-6-7(17(21)22)3-4-9(8)14-15-11/h3-4,6,10H,1-2,5H2,(H,14,15)(H,19,20)/t10-/m0/s1. The fourth-order valence-corrected chi connectivity index (χ4v) is 2.68. The second kappa shape index (κ2) is 5.10. The number of non-ortho nitro benzene ring substituents is 1. The third-order valence-electron chi connectivity index (χ3n) is 3.76. The molecule has 2 N–H and O–H groups in total. The van der Waals surface area contributed by atoms with E-state index in [1.807, 2.05) is 0 Å². The molecule has 114 valence electrons. The van der Waals surface area contributed by atoms with Gasteiger partial charge in [0.1, 0.15) is 6.04 Å². The smallest absolute Gasteiger partial charge is 0.326 e. The van der Waals surface area contributed by atoms with Crippen LogP contribution < -0.4 is 0 Å². The number of aliphatic carboxylic acids is 1. The number of hydrogen-bond donors (Lipinski definition) is 2. The number of rotatable bonds is 3. The number of nitro benzene ring substituents is 1. The molecule has 0 spiro atoms. The first-order valence-corrected chi connectivity index (χ1v) is 6.65. The molecule has 1 aromatic heterocycles. The van der Waals surface area contributed by atoms with E-state index in [9.17, 15) is 19.7 Å². The molecule has 1 fully saturated rings. The highest BCUT2D eigenvalue weighted by Crippen LogP contribution is 2.26. The molecule has 3 rings (SSSR count). The molecule has 0 saturated carbocycles. The number of nitrogens with zero attached hydrogens (tertiary/aromatic N) is 3. The van der Waals surface area contributed by atoms with Crippen molar-refractivity contribution in [2.45, 2.75) is 18.9 Å². The molecule has 0 unspecified atom stereocenters. The molecular weight excluding hydrogens is 292 g/mol. The van der Waals surface area contributed by atoms with Crippen LogP contribution in [0.1, 0.15) is 23.3 Å². The predicted molar refractivity (Wildman–Crippen MR) is 74.4 cm³/mol. The summed E-state index contributed by atoms with van der Waals surface area (Å²) in [7, 11) is 0. The minimum Gasteiger partial charge on any atom is -0.480 e. The Morgan fingerprint density at radius 3 is 2.91 bits per heavy atom. The zero-order valence-electron chi connectivity index (χ0n) is 11.4. The molecule has 0 bridgehead atoms. The third-order valence-corrected chi connectivity index (χ3v) is 3.76. The van der Waals surface area contributed by atoms with Crippen molar-refractivity contribution in [2.24, 2.45) is 0 Å². The number of H-pyrrole nitrogens is 1. The molecule has 2 aromatic rings. The Hall–Kier alpha value is -2.97. The van der Waals surface area contributed by atoms with Gasteiger partial charge in [-0.3, -0.25) is 20.0 Å².